The summed E-state index contributed by atoms with van der Waals surface area (Å²) >= 11 is 0. The number of aliphatic hydroxyl groups excluding tert-OH is 2. The van der Waals surface area contributed by atoms with E-state index in [0.717, 1.165) is 89.9 Å². The van der Waals surface area contributed by atoms with Crippen molar-refractivity contribution in [3.05, 3.63) is 92.8 Å². The van der Waals surface area contributed by atoms with Crippen LogP contribution in [0, 0.1) is 47.0 Å². The number of ketones is 1. The van der Waals surface area contributed by atoms with E-state index in [0.29, 0.717) is 49.0 Å². The van der Waals surface area contributed by atoms with Crippen LogP contribution in [0.2, 0.25) is 0 Å². The molecule has 1 saturated carbocycles. The Hall–Kier alpha value is -3.94. The minimum Gasteiger partial charge on any atom is -0.465 e. The van der Waals surface area contributed by atoms with E-state index in [1.807, 2.05) is 29.1 Å². The third-order valence-electron chi connectivity index (χ3n) is 14.0. The second kappa shape index (κ2) is 16.2. The van der Waals surface area contributed by atoms with Crippen LogP contribution in [0.1, 0.15) is 110 Å². The number of hydrogen-bond acceptors (Lipinski definition) is 11. The zero-order valence-corrected chi connectivity index (χ0v) is 35.2. The molecule has 11 rings (SSSR count). The van der Waals surface area contributed by atoms with Crippen molar-refractivity contribution >= 4 is 33.6 Å². The first-order chi connectivity index (χ1) is 28.7. The number of ether oxygens (including phenoxy) is 2. The van der Waals surface area contributed by atoms with Gasteiger partial charge in [-0.05, 0) is 77.5 Å². The number of carbonyl (C=O) groups excluding carboxylic acids is 1. The van der Waals surface area contributed by atoms with Crippen molar-refractivity contribution in [1.82, 2.24) is 10.2 Å². The minimum atomic E-state index is -1.03. The molecule has 7 aliphatic heterocycles. The number of carbonyl (C=O) groups is 1. The van der Waals surface area contributed by atoms with Gasteiger partial charge in [0.2, 0.25) is 0 Å². The van der Waals surface area contributed by atoms with Crippen molar-refractivity contribution in [2.45, 2.75) is 107 Å². The van der Waals surface area contributed by atoms with Crippen LogP contribution in [0.4, 0.5) is 0 Å². The second-order valence-corrected chi connectivity index (χ2v) is 20.2. The predicted molar refractivity (Wildman–Crippen MR) is 233 cm³/mol. The quantitative estimate of drug-likeness (QED) is 0.136. The van der Waals surface area contributed by atoms with Gasteiger partial charge < -0.3 is 30.3 Å². The van der Waals surface area contributed by atoms with Gasteiger partial charge in [0.15, 0.2) is 17.7 Å². The number of fused-ring (bicyclic) bond motifs is 4. The summed E-state index contributed by atoms with van der Waals surface area (Å²) in [6.07, 6.45) is 16.2. The number of aliphatic hydroxyl groups is 2. The number of nitrogens with one attached hydrogen (secondary N) is 1. The van der Waals surface area contributed by atoms with Crippen molar-refractivity contribution in [3.8, 4) is 35.4 Å². The summed E-state index contributed by atoms with van der Waals surface area (Å²) in [5.74, 6) is 13.6. The molecule has 306 valence electrons. The Morgan fingerprint density at radius 2 is 1.98 bits per heavy atom. The van der Waals surface area contributed by atoms with E-state index in [4.69, 9.17) is 20.2 Å². The number of nitrogens with zero attached hydrogens (tertiary/aromatic N) is 2. The third-order valence-corrected chi connectivity index (χ3v) is 16.4. The third kappa shape index (κ3) is 7.36. The van der Waals surface area contributed by atoms with E-state index in [9.17, 15) is 15.0 Å². The average Bonchev–Trinajstić information content (AvgIpc) is 3.98. The van der Waals surface area contributed by atoms with E-state index in [2.05, 4.69) is 71.5 Å². The van der Waals surface area contributed by atoms with Gasteiger partial charge >= 0.3 is 0 Å². The van der Waals surface area contributed by atoms with Crippen LogP contribution < -0.4 is 20.5 Å². The Bertz CT molecular complexity index is 2310. The standard InChI is InChI=1S/C48H52N4O5S2/c1-28-4-6-30(7-5-28)42(55)21-33(53)10-8-29-9-15-43-45-38(29)27-59-58-26-32-23-51-46(49)35-12-11-34-36(44(32)35)20-31-22-50-40-25-52(24-37(31)40)47(57-45)39(13-14-41(34)54)48(18-19-56-43)16-2-3-17-48/h4,6,9,11-12,15,22,25,28,30,32,39,41-42,46-47,51,54-55H,2-3,5,7-8,10,16-17,20-21,23-24,26-27,49H2,1H3/t28-,30+,32-,39+,41-,42+,46+,47+/m1/s1. The Kier molecular flexibility index (Phi) is 10.7. The van der Waals surface area contributed by atoms with Crippen LogP contribution in [0.25, 0.3) is 0 Å². The molecule has 2 aliphatic carbocycles. The lowest BCUT2D eigenvalue weighted by atomic mass is 9.73. The van der Waals surface area contributed by atoms with E-state index >= 15 is 0 Å². The molecular weight excluding hydrogens is 777 g/mol. The molecule has 1 fully saturated rings. The van der Waals surface area contributed by atoms with Crippen LogP contribution in [0.3, 0.4) is 0 Å². The molecule has 59 heavy (non-hydrogen) atoms. The number of Topliss-reactive ketones (excluding diaryl/α,β-unsaturated/α-hetero) is 1. The first-order valence-corrected chi connectivity index (χ1v) is 23.9. The van der Waals surface area contributed by atoms with Crippen LogP contribution in [-0.4, -0.2) is 58.3 Å². The molecule has 0 unspecified atom stereocenters. The summed E-state index contributed by atoms with van der Waals surface area (Å²) in [5, 5.41) is 26.8. The molecule has 2 aromatic carbocycles. The number of benzene rings is 2. The molecule has 5 N–H and O–H groups in total. The van der Waals surface area contributed by atoms with Crippen LogP contribution in [-0.2, 0) is 23.4 Å². The van der Waals surface area contributed by atoms with Crippen molar-refractivity contribution in [1.29, 1.82) is 0 Å². The Labute approximate surface area is 355 Å². The normalized spacial score (nSPS) is 30.1. The smallest absolute Gasteiger partial charge is 0.187 e. The number of rotatable bonds is 6. The van der Waals surface area contributed by atoms with Gasteiger partial charge in [-0.25, -0.2) is 0 Å². The number of allylic oxidation sites excluding steroid dienone is 2. The summed E-state index contributed by atoms with van der Waals surface area (Å²) in [6, 6.07) is 8.12. The molecule has 0 aromatic heterocycles. The van der Waals surface area contributed by atoms with Crippen molar-refractivity contribution < 1.29 is 24.5 Å². The molecule has 8 bridgehead atoms. The maximum atomic E-state index is 13.5. The summed E-state index contributed by atoms with van der Waals surface area (Å²) in [6.45, 7) is 3.51. The van der Waals surface area contributed by atoms with Crippen LogP contribution in [0.5, 0.6) is 11.5 Å². The van der Waals surface area contributed by atoms with E-state index in [1.54, 1.807) is 10.8 Å². The minimum absolute atomic E-state index is 0.0199. The molecule has 1 spiro atoms. The number of hydrogen-bond donors (Lipinski definition) is 4. The molecule has 11 heteroatoms. The summed E-state index contributed by atoms with van der Waals surface area (Å²) < 4.78 is 13.8. The van der Waals surface area contributed by atoms with E-state index in [-0.39, 0.29) is 30.2 Å². The van der Waals surface area contributed by atoms with Crippen molar-refractivity contribution in [2.75, 3.05) is 18.8 Å². The Balaban J connectivity index is 1.10. The first kappa shape index (κ1) is 39.2. The predicted octanol–water partition coefficient (Wildman–Crippen LogP) is 7.15. The zero-order chi connectivity index (χ0) is 40.3. The molecule has 0 saturated heterocycles. The highest BCUT2D eigenvalue weighted by Crippen LogP contribution is 2.51. The topological polar surface area (TPSA) is 130 Å². The molecule has 9 aliphatic rings. The van der Waals surface area contributed by atoms with Crippen molar-refractivity contribution in [3.63, 3.8) is 0 Å². The number of nitrogens with two attached hydrogens (primary N) is 1. The van der Waals surface area contributed by atoms with Gasteiger partial charge in [0.25, 0.3) is 0 Å². The molecule has 8 atom stereocenters. The lowest BCUT2D eigenvalue weighted by Gasteiger charge is -2.40. The molecule has 9 nitrogen and oxygen atoms in total. The largest absolute Gasteiger partial charge is 0.465 e. The molecule has 0 radical (unpaired) electrons. The number of aryl methyl sites for hydroxylation is 1. The summed E-state index contributed by atoms with van der Waals surface area (Å²) in [4.78, 5) is 20.8. The van der Waals surface area contributed by atoms with Gasteiger partial charge in [0.05, 0.1) is 29.3 Å². The number of aliphatic imine (C=N–C) groups is 1. The fraction of sp³-hybridized carbons (Fsp3) is 0.500. The van der Waals surface area contributed by atoms with E-state index < -0.39 is 29.8 Å². The lowest BCUT2D eigenvalue weighted by molar-refractivity contribution is -0.121. The average molecular weight is 829 g/mol. The Morgan fingerprint density at radius 1 is 1.12 bits per heavy atom. The van der Waals surface area contributed by atoms with Gasteiger partial charge in [-0.2, -0.15) is 0 Å². The highest BCUT2D eigenvalue weighted by molar-refractivity contribution is 8.76. The van der Waals surface area contributed by atoms with E-state index in [1.165, 1.54) is 11.1 Å². The fourth-order valence-corrected chi connectivity index (χ4v) is 13.1. The van der Waals surface area contributed by atoms with Gasteiger partial charge in [0.1, 0.15) is 18.0 Å². The van der Waals surface area contributed by atoms with Crippen molar-refractivity contribution in [2.24, 2.45) is 33.9 Å². The molecular formula is C48H52N4O5S2. The summed E-state index contributed by atoms with van der Waals surface area (Å²) in [7, 11) is 3.59. The second-order valence-electron chi connectivity index (χ2n) is 17.7. The highest BCUT2D eigenvalue weighted by atomic mass is 33.1. The van der Waals surface area contributed by atoms with Crippen LogP contribution in [0.15, 0.2) is 64.5 Å². The van der Waals surface area contributed by atoms with Gasteiger partial charge in [-0.3, -0.25) is 15.1 Å². The fourth-order valence-electron chi connectivity index (χ4n) is 10.6. The monoisotopic (exact) mass is 828 g/mol. The zero-order valence-electron chi connectivity index (χ0n) is 33.5. The molecule has 0 amide bonds. The maximum Gasteiger partial charge on any atom is 0.187 e. The lowest BCUT2D eigenvalue weighted by Crippen LogP contribution is -2.47. The highest BCUT2D eigenvalue weighted by Gasteiger charge is 2.49. The van der Waals surface area contributed by atoms with Crippen LogP contribution >= 0.6 is 21.6 Å². The van der Waals surface area contributed by atoms with Gasteiger partial charge in [0, 0.05) is 79.2 Å². The molecule has 2 aromatic rings. The molecule has 7 heterocycles. The SMILES string of the molecule is C[C@@H]1C=C[C@H]([C@@H](O)CC(=O)CCc2ccc3c4c2CSSC[C@H]2CN[C@H](N)c5ccc6c(c52)CC2=C5CN(C=C5N=C2)[C@@H](O4)[C@H](C#C[C@H]6O)C2(C#CO3)CCCC2)CC1. The summed E-state index contributed by atoms with van der Waals surface area (Å²) in [5.41, 5.74) is 15.7. The van der Waals surface area contributed by atoms with Gasteiger partial charge in [-0.1, -0.05) is 89.5 Å². The Morgan fingerprint density at radius 3 is 2.83 bits per heavy atom. The first-order valence-electron chi connectivity index (χ1n) is 21.5. The maximum absolute atomic E-state index is 13.5. The van der Waals surface area contributed by atoms with Gasteiger partial charge in [-0.15, -0.1) is 0 Å².